The van der Waals surface area contributed by atoms with E-state index in [4.69, 9.17) is 0 Å². The molecular weight excluding hydrogens is 391 g/mol. The van der Waals surface area contributed by atoms with Crippen molar-refractivity contribution in [1.29, 1.82) is 0 Å². The van der Waals surface area contributed by atoms with E-state index >= 15 is 0 Å². The van der Waals surface area contributed by atoms with Gasteiger partial charge in [0.25, 0.3) is 0 Å². The second kappa shape index (κ2) is 7.38. The zero-order chi connectivity index (χ0) is 19.7. The summed E-state index contributed by atoms with van der Waals surface area (Å²) in [5, 5.41) is 14.0. The molecule has 2 heterocycles. The summed E-state index contributed by atoms with van der Waals surface area (Å²) in [7, 11) is 0. The van der Waals surface area contributed by atoms with Gasteiger partial charge in [-0.1, -0.05) is 29.5 Å². The molecule has 0 radical (unpaired) electrons. The van der Waals surface area contributed by atoms with E-state index in [-0.39, 0.29) is 17.5 Å². The zero-order valence-corrected chi connectivity index (χ0v) is 15.6. The first-order valence-electron chi connectivity index (χ1n) is 8.84. The van der Waals surface area contributed by atoms with Crippen LogP contribution < -0.4 is 15.0 Å². The summed E-state index contributed by atoms with van der Waals surface area (Å²) in [6.07, 6.45) is -3.22. The number of nitrogens with zero attached hydrogens (tertiary/aromatic N) is 2. The first-order valence-corrected chi connectivity index (χ1v) is 9.65. The van der Waals surface area contributed by atoms with Crippen LogP contribution in [0.5, 0.6) is 11.5 Å². The van der Waals surface area contributed by atoms with Crippen molar-refractivity contribution in [2.24, 2.45) is 0 Å². The van der Waals surface area contributed by atoms with Crippen LogP contribution >= 0.6 is 11.3 Å². The number of anilines is 2. The maximum absolute atomic E-state index is 12.6. The second-order valence-corrected chi connectivity index (χ2v) is 7.55. The number of rotatable bonds is 4. The van der Waals surface area contributed by atoms with Gasteiger partial charge in [0.05, 0.1) is 15.9 Å². The van der Waals surface area contributed by atoms with Gasteiger partial charge in [-0.25, -0.2) is 4.98 Å². The van der Waals surface area contributed by atoms with E-state index in [2.05, 4.69) is 19.9 Å². The first-order chi connectivity index (χ1) is 13.4. The molecule has 0 spiro atoms. The lowest BCUT2D eigenvalue weighted by atomic mass is 10.0. The van der Waals surface area contributed by atoms with E-state index in [0.29, 0.717) is 5.69 Å². The fourth-order valence-electron chi connectivity index (χ4n) is 3.29. The molecule has 5 nitrogen and oxygen atoms in total. The highest BCUT2D eigenvalue weighted by atomic mass is 32.1. The van der Waals surface area contributed by atoms with Crippen molar-refractivity contribution in [3.05, 3.63) is 42.5 Å². The van der Waals surface area contributed by atoms with Gasteiger partial charge < -0.3 is 20.1 Å². The standard InChI is InChI=1S/C19H18F3N3O2S/c20-19(21,22)27-16-7-2-1-4-13(16)23-12-8-10-25(11-9-12)18-24-14-5-3-6-15(26)17(14)28-18/h1-7,12,23,26H,8-11H2. The predicted octanol–water partition coefficient (Wildman–Crippen LogP) is 4.98. The number of benzene rings is 2. The van der Waals surface area contributed by atoms with Crippen LogP contribution in [0, 0.1) is 0 Å². The van der Waals surface area contributed by atoms with Crippen LogP contribution in [0.1, 0.15) is 12.8 Å². The molecule has 0 bridgehead atoms. The largest absolute Gasteiger partial charge is 0.573 e. The molecule has 1 saturated heterocycles. The summed E-state index contributed by atoms with van der Waals surface area (Å²) in [6.45, 7) is 1.45. The smallest absolute Gasteiger partial charge is 0.506 e. The third-order valence-electron chi connectivity index (χ3n) is 4.62. The highest BCUT2D eigenvalue weighted by Crippen LogP contribution is 2.36. The number of fused-ring (bicyclic) bond motifs is 1. The molecule has 9 heteroatoms. The lowest BCUT2D eigenvalue weighted by molar-refractivity contribution is -0.274. The Morgan fingerprint density at radius 2 is 1.86 bits per heavy atom. The van der Waals surface area contributed by atoms with Gasteiger partial charge in [-0.05, 0) is 37.1 Å². The molecule has 0 amide bonds. The van der Waals surface area contributed by atoms with Crippen LogP contribution in [0.15, 0.2) is 42.5 Å². The molecule has 3 aromatic rings. The van der Waals surface area contributed by atoms with Crippen LogP contribution in [0.2, 0.25) is 0 Å². The monoisotopic (exact) mass is 409 g/mol. The molecular formula is C19H18F3N3O2S. The maximum Gasteiger partial charge on any atom is 0.573 e. The van der Waals surface area contributed by atoms with E-state index in [1.807, 2.05) is 6.07 Å². The fourth-order valence-corrected chi connectivity index (χ4v) is 4.32. The van der Waals surface area contributed by atoms with Gasteiger partial charge in [0, 0.05) is 19.1 Å². The Bertz CT molecular complexity index is 968. The minimum Gasteiger partial charge on any atom is -0.506 e. The van der Waals surface area contributed by atoms with Crippen molar-refractivity contribution in [3.63, 3.8) is 0 Å². The van der Waals surface area contributed by atoms with E-state index in [0.717, 1.165) is 41.3 Å². The zero-order valence-electron chi connectivity index (χ0n) is 14.7. The number of alkyl halides is 3. The van der Waals surface area contributed by atoms with Gasteiger partial charge in [-0.3, -0.25) is 0 Å². The molecule has 1 fully saturated rings. The van der Waals surface area contributed by atoms with E-state index in [9.17, 15) is 18.3 Å². The average Bonchev–Trinajstić information content (AvgIpc) is 3.09. The Hall–Kier alpha value is -2.68. The lowest BCUT2D eigenvalue weighted by Crippen LogP contribution is -2.39. The number of aromatic nitrogens is 1. The van der Waals surface area contributed by atoms with Crippen molar-refractivity contribution in [3.8, 4) is 11.5 Å². The van der Waals surface area contributed by atoms with Gasteiger partial charge in [0.1, 0.15) is 5.75 Å². The SMILES string of the molecule is Oc1cccc2nc(N3CCC(Nc4ccccc4OC(F)(F)F)CC3)sc12. The fraction of sp³-hybridized carbons (Fsp3) is 0.316. The normalized spacial score (nSPS) is 15.8. The molecule has 0 unspecified atom stereocenters. The lowest BCUT2D eigenvalue weighted by Gasteiger charge is -2.33. The third kappa shape index (κ3) is 4.09. The number of nitrogens with one attached hydrogen (secondary N) is 1. The number of hydrogen-bond acceptors (Lipinski definition) is 6. The molecule has 148 valence electrons. The summed E-state index contributed by atoms with van der Waals surface area (Å²) in [4.78, 5) is 6.72. The summed E-state index contributed by atoms with van der Waals surface area (Å²) in [5.74, 6) is -0.00171. The molecule has 1 aromatic heterocycles. The Morgan fingerprint density at radius 1 is 1.11 bits per heavy atom. The van der Waals surface area contributed by atoms with Gasteiger partial charge >= 0.3 is 6.36 Å². The van der Waals surface area contributed by atoms with Crippen LogP contribution in [0.4, 0.5) is 24.0 Å². The van der Waals surface area contributed by atoms with Crippen LogP contribution in [-0.4, -0.2) is 35.6 Å². The van der Waals surface area contributed by atoms with Gasteiger partial charge in [0.2, 0.25) is 0 Å². The molecule has 0 saturated carbocycles. The second-order valence-electron chi connectivity index (χ2n) is 6.57. The molecule has 0 aliphatic carbocycles. The van der Waals surface area contributed by atoms with E-state index in [1.165, 1.54) is 23.5 Å². The minimum absolute atomic E-state index is 0.0389. The van der Waals surface area contributed by atoms with Crippen LogP contribution in [-0.2, 0) is 0 Å². The Balaban J connectivity index is 1.41. The number of aromatic hydroxyl groups is 1. The highest BCUT2D eigenvalue weighted by Gasteiger charge is 2.32. The first kappa shape index (κ1) is 18.7. The minimum atomic E-state index is -4.72. The predicted molar refractivity (Wildman–Crippen MR) is 103 cm³/mol. The third-order valence-corrected chi connectivity index (χ3v) is 5.78. The van der Waals surface area contributed by atoms with Crippen molar-refractivity contribution in [2.45, 2.75) is 25.2 Å². The van der Waals surface area contributed by atoms with Crippen LogP contribution in [0.3, 0.4) is 0 Å². The van der Waals surface area contributed by atoms with Crippen molar-refractivity contribution in [1.82, 2.24) is 4.98 Å². The van der Waals surface area contributed by atoms with Gasteiger partial charge in [-0.2, -0.15) is 0 Å². The Morgan fingerprint density at radius 3 is 2.57 bits per heavy atom. The summed E-state index contributed by atoms with van der Waals surface area (Å²) in [6, 6.07) is 11.4. The van der Waals surface area contributed by atoms with Crippen molar-refractivity contribution >= 4 is 32.4 Å². The van der Waals surface area contributed by atoms with Crippen LogP contribution in [0.25, 0.3) is 10.2 Å². The van der Waals surface area contributed by atoms with Gasteiger partial charge in [-0.15, -0.1) is 13.2 Å². The Labute approximate surface area is 163 Å². The number of halogens is 3. The number of ether oxygens (including phenoxy) is 1. The van der Waals surface area contributed by atoms with Gasteiger partial charge in [0.15, 0.2) is 10.9 Å². The summed E-state index contributed by atoms with van der Waals surface area (Å²) in [5.41, 5.74) is 1.10. The number of phenolic OH excluding ortho intramolecular Hbond substituents is 1. The number of piperidine rings is 1. The molecule has 2 aromatic carbocycles. The Kier molecular flexibility index (Phi) is 4.92. The summed E-state index contributed by atoms with van der Waals surface area (Å²) < 4.78 is 42.6. The molecule has 1 aliphatic heterocycles. The average molecular weight is 409 g/mol. The number of thiazole rings is 1. The van der Waals surface area contributed by atoms with E-state index < -0.39 is 6.36 Å². The molecule has 4 rings (SSSR count). The number of hydrogen-bond donors (Lipinski definition) is 2. The maximum atomic E-state index is 12.6. The van der Waals surface area contributed by atoms with E-state index in [1.54, 1.807) is 24.3 Å². The molecule has 0 atom stereocenters. The van der Waals surface area contributed by atoms with Crippen molar-refractivity contribution in [2.75, 3.05) is 23.3 Å². The topological polar surface area (TPSA) is 57.6 Å². The molecule has 1 aliphatic rings. The molecule has 28 heavy (non-hydrogen) atoms. The summed E-state index contributed by atoms with van der Waals surface area (Å²) >= 11 is 1.44. The van der Waals surface area contributed by atoms with Crippen molar-refractivity contribution < 1.29 is 23.0 Å². The quantitative estimate of drug-likeness (QED) is 0.636. The number of phenols is 1. The molecule has 2 N–H and O–H groups in total. The highest BCUT2D eigenvalue weighted by molar-refractivity contribution is 7.22. The number of para-hydroxylation sites is 2.